The Bertz CT molecular complexity index is 1670. The fourth-order valence-corrected chi connectivity index (χ4v) is 4.17. The molecule has 34 heavy (non-hydrogen) atoms. The van der Waals surface area contributed by atoms with Gasteiger partial charge in [0.25, 0.3) is 0 Å². The second kappa shape index (κ2) is 7.77. The predicted octanol–water partition coefficient (Wildman–Crippen LogP) is 5.44. The van der Waals surface area contributed by atoms with Crippen LogP contribution in [0.1, 0.15) is 0 Å². The molecule has 5 heterocycles. The highest BCUT2D eigenvalue weighted by atomic mass is 19.1. The van der Waals surface area contributed by atoms with E-state index in [-0.39, 0.29) is 5.82 Å². The van der Waals surface area contributed by atoms with Crippen molar-refractivity contribution in [2.24, 2.45) is 0 Å². The van der Waals surface area contributed by atoms with Crippen LogP contribution in [0.2, 0.25) is 0 Å². The lowest BCUT2D eigenvalue weighted by atomic mass is 10.0. The van der Waals surface area contributed by atoms with E-state index in [0.29, 0.717) is 11.2 Å². The maximum atomic E-state index is 14.5. The summed E-state index contributed by atoms with van der Waals surface area (Å²) in [6.45, 7) is 0. The number of benzene rings is 1. The molecule has 0 amide bonds. The normalized spacial score (nSPS) is 11.4. The minimum atomic E-state index is -0.283. The summed E-state index contributed by atoms with van der Waals surface area (Å²) in [7, 11) is 3.97. The summed E-state index contributed by atoms with van der Waals surface area (Å²) in [5.41, 5.74) is 7.21. The summed E-state index contributed by atoms with van der Waals surface area (Å²) >= 11 is 0. The van der Waals surface area contributed by atoms with E-state index in [1.54, 1.807) is 30.7 Å². The summed E-state index contributed by atoms with van der Waals surface area (Å²) in [6, 6.07) is 12.8. The number of anilines is 1. The number of hydrogen-bond acceptors (Lipinski definition) is 5. The first-order chi connectivity index (χ1) is 16.6. The summed E-state index contributed by atoms with van der Waals surface area (Å²) in [4.78, 5) is 18.6. The lowest BCUT2D eigenvalue weighted by Crippen LogP contribution is -2.08. The number of H-pyrrole nitrogens is 2. The first-order valence-electron chi connectivity index (χ1n) is 10.8. The maximum Gasteiger partial charge on any atom is 0.181 e. The molecule has 166 valence electrons. The largest absolute Gasteiger partial charge is 0.376 e. The van der Waals surface area contributed by atoms with Crippen LogP contribution in [0.5, 0.6) is 0 Å². The summed E-state index contributed by atoms with van der Waals surface area (Å²) in [6.07, 6.45) is 8.88. The predicted molar refractivity (Wildman–Crippen MR) is 132 cm³/mol. The standard InChI is InChI=1S/C26H20FN7/c1-34(2)17-7-15(10-28-12-17)16-8-20-25(32-33-26(20)30-11-16)23-9-19-21(13-29-14-24(19)31-23)18-5-3-4-6-22(18)27/h3-14,31H,1-2H3,(H,30,32,33). The van der Waals surface area contributed by atoms with E-state index in [9.17, 15) is 4.39 Å². The molecule has 0 aliphatic carbocycles. The van der Waals surface area contributed by atoms with Crippen molar-refractivity contribution in [2.45, 2.75) is 0 Å². The molecular weight excluding hydrogens is 429 g/mol. The highest BCUT2D eigenvalue weighted by molar-refractivity contribution is 6.00. The van der Waals surface area contributed by atoms with E-state index in [4.69, 9.17) is 0 Å². The Morgan fingerprint density at radius 1 is 0.824 bits per heavy atom. The molecule has 0 spiro atoms. The van der Waals surface area contributed by atoms with Crippen molar-refractivity contribution >= 4 is 27.6 Å². The van der Waals surface area contributed by atoms with Crippen LogP contribution >= 0.6 is 0 Å². The first kappa shape index (κ1) is 20.0. The molecule has 0 fully saturated rings. The molecule has 0 radical (unpaired) electrons. The van der Waals surface area contributed by atoms with Crippen LogP contribution in [0, 0.1) is 5.82 Å². The van der Waals surface area contributed by atoms with Crippen LogP contribution in [0.3, 0.4) is 0 Å². The van der Waals surface area contributed by atoms with E-state index in [1.165, 1.54) is 6.07 Å². The summed E-state index contributed by atoms with van der Waals surface area (Å²) in [5.74, 6) is -0.283. The smallest absolute Gasteiger partial charge is 0.181 e. The van der Waals surface area contributed by atoms with Crippen LogP contribution in [-0.2, 0) is 0 Å². The van der Waals surface area contributed by atoms with Gasteiger partial charge in [-0.25, -0.2) is 9.37 Å². The molecule has 0 atom stereocenters. The number of hydrogen-bond donors (Lipinski definition) is 2. The maximum absolute atomic E-state index is 14.5. The van der Waals surface area contributed by atoms with Gasteiger partial charge in [-0.1, -0.05) is 18.2 Å². The highest BCUT2D eigenvalue weighted by Crippen LogP contribution is 2.35. The Hall–Kier alpha value is -4.59. The molecule has 0 saturated heterocycles. The van der Waals surface area contributed by atoms with Gasteiger partial charge < -0.3 is 9.88 Å². The van der Waals surface area contributed by atoms with Crippen LogP contribution in [0.4, 0.5) is 10.1 Å². The van der Waals surface area contributed by atoms with Crippen LogP contribution in [0.25, 0.3) is 55.6 Å². The molecule has 5 aromatic heterocycles. The molecule has 7 nitrogen and oxygen atoms in total. The minimum absolute atomic E-state index is 0.283. The van der Waals surface area contributed by atoms with Crippen molar-refractivity contribution < 1.29 is 4.39 Å². The Morgan fingerprint density at radius 3 is 2.50 bits per heavy atom. The molecule has 0 bridgehead atoms. The molecule has 0 saturated carbocycles. The van der Waals surface area contributed by atoms with Crippen molar-refractivity contribution in [3.8, 4) is 33.6 Å². The van der Waals surface area contributed by atoms with E-state index in [2.05, 4.69) is 42.3 Å². The van der Waals surface area contributed by atoms with Crippen LogP contribution in [-0.4, -0.2) is 44.2 Å². The van der Waals surface area contributed by atoms with Gasteiger partial charge in [-0.2, -0.15) is 5.10 Å². The highest BCUT2D eigenvalue weighted by Gasteiger charge is 2.16. The number of nitrogens with one attached hydrogen (secondary N) is 2. The van der Waals surface area contributed by atoms with Crippen LogP contribution in [0.15, 0.2) is 73.4 Å². The van der Waals surface area contributed by atoms with Crippen molar-refractivity contribution in [2.75, 3.05) is 19.0 Å². The number of fused-ring (bicyclic) bond motifs is 2. The Kier molecular flexibility index (Phi) is 4.58. The number of aromatic nitrogens is 6. The molecule has 0 unspecified atom stereocenters. The fraction of sp³-hybridized carbons (Fsp3) is 0.0769. The van der Waals surface area contributed by atoms with Gasteiger partial charge in [0.15, 0.2) is 5.65 Å². The summed E-state index contributed by atoms with van der Waals surface area (Å²) in [5, 5.41) is 9.25. The fourth-order valence-electron chi connectivity index (χ4n) is 4.17. The lowest BCUT2D eigenvalue weighted by molar-refractivity contribution is 0.631. The van der Waals surface area contributed by atoms with Gasteiger partial charge in [0.05, 0.1) is 35.0 Å². The molecule has 6 rings (SSSR count). The quantitative estimate of drug-likeness (QED) is 0.375. The van der Waals surface area contributed by atoms with E-state index in [0.717, 1.165) is 50.1 Å². The van der Waals surface area contributed by atoms with Gasteiger partial charge in [0, 0.05) is 65.7 Å². The zero-order valence-corrected chi connectivity index (χ0v) is 18.5. The number of halogens is 1. The molecule has 6 aromatic rings. The molecule has 2 N–H and O–H groups in total. The second-order valence-corrected chi connectivity index (χ2v) is 8.33. The Morgan fingerprint density at radius 2 is 1.65 bits per heavy atom. The SMILES string of the molecule is CN(C)c1cncc(-c2cnc3n[nH]c(-c4cc5c(-c6ccccc6F)cncc5[nH]4)c3c2)c1. The lowest BCUT2D eigenvalue weighted by Gasteiger charge is -2.12. The molecule has 1 aromatic carbocycles. The third-order valence-corrected chi connectivity index (χ3v) is 5.96. The Labute approximate surface area is 194 Å². The molecule has 0 aliphatic rings. The van der Waals surface area contributed by atoms with Crippen molar-refractivity contribution in [3.05, 3.63) is 79.3 Å². The van der Waals surface area contributed by atoms with Crippen molar-refractivity contribution in [1.82, 2.24) is 30.1 Å². The number of rotatable bonds is 4. The van der Waals surface area contributed by atoms with Gasteiger partial charge in [0.1, 0.15) is 5.82 Å². The Balaban J connectivity index is 1.49. The third-order valence-electron chi connectivity index (χ3n) is 5.96. The van der Waals surface area contributed by atoms with Gasteiger partial charge in [0.2, 0.25) is 0 Å². The third kappa shape index (κ3) is 3.27. The molecule has 8 heteroatoms. The van der Waals surface area contributed by atoms with Crippen molar-refractivity contribution in [1.29, 1.82) is 0 Å². The zero-order valence-electron chi connectivity index (χ0n) is 18.5. The van der Waals surface area contributed by atoms with Gasteiger partial charge in [-0.05, 0) is 24.3 Å². The van der Waals surface area contributed by atoms with Gasteiger partial charge in [-0.15, -0.1) is 0 Å². The summed E-state index contributed by atoms with van der Waals surface area (Å²) < 4.78 is 14.5. The molecule has 0 aliphatic heterocycles. The average molecular weight is 449 g/mol. The van der Waals surface area contributed by atoms with E-state index in [1.807, 2.05) is 43.5 Å². The molecular formula is C26H20FN7. The van der Waals surface area contributed by atoms with E-state index < -0.39 is 0 Å². The number of aromatic amines is 2. The number of nitrogens with zero attached hydrogens (tertiary/aromatic N) is 5. The first-order valence-corrected chi connectivity index (χ1v) is 10.8. The minimum Gasteiger partial charge on any atom is -0.376 e. The number of pyridine rings is 3. The second-order valence-electron chi connectivity index (χ2n) is 8.33. The van der Waals surface area contributed by atoms with E-state index >= 15 is 0 Å². The topological polar surface area (TPSA) is 86.4 Å². The monoisotopic (exact) mass is 449 g/mol. The van der Waals surface area contributed by atoms with Gasteiger partial charge in [-0.3, -0.25) is 15.1 Å². The average Bonchev–Trinajstić information content (AvgIpc) is 3.48. The zero-order chi connectivity index (χ0) is 23.2. The van der Waals surface area contributed by atoms with Crippen molar-refractivity contribution in [3.63, 3.8) is 0 Å². The van der Waals surface area contributed by atoms with Crippen LogP contribution < -0.4 is 4.90 Å². The van der Waals surface area contributed by atoms with Gasteiger partial charge >= 0.3 is 0 Å².